The molecule has 1 fully saturated rings. The summed E-state index contributed by atoms with van der Waals surface area (Å²) in [6.45, 7) is 2.98. The van der Waals surface area contributed by atoms with E-state index in [-0.39, 0.29) is 0 Å². The van der Waals surface area contributed by atoms with Gasteiger partial charge in [-0.25, -0.2) is 0 Å². The van der Waals surface area contributed by atoms with Crippen LogP contribution < -0.4 is 10.5 Å². The number of benzene rings is 1. The summed E-state index contributed by atoms with van der Waals surface area (Å²) in [5, 5.41) is 0. The van der Waals surface area contributed by atoms with Gasteiger partial charge in [0.1, 0.15) is 11.9 Å². The van der Waals surface area contributed by atoms with Crippen molar-refractivity contribution in [3.63, 3.8) is 0 Å². The predicted octanol–water partition coefficient (Wildman–Crippen LogP) is 3.54. The standard InChI is InChI=1S/C16H25NO/c1-2-14-5-3-4-6-16(14)18-15-9-7-13(8-10-15)11-12-17/h7-10,14,16H,2-6,11-12,17H2,1H3. The van der Waals surface area contributed by atoms with E-state index in [1.807, 2.05) is 0 Å². The van der Waals surface area contributed by atoms with Gasteiger partial charge in [-0.1, -0.05) is 25.5 Å². The van der Waals surface area contributed by atoms with Gasteiger partial charge in [0.25, 0.3) is 0 Å². The van der Waals surface area contributed by atoms with Gasteiger partial charge in [0.05, 0.1) is 0 Å². The Morgan fingerprint density at radius 3 is 2.56 bits per heavy atom. The van der Waals surface area contributed by atoms with E-state index >= 15 is 0 Å². The Kier molecular flexibility index (Phi) is 5.06. The van der Waals surface area contributed by atoms with Crippen molar-refractivity contribution >= 4 is 0 Å². The summed E-state index contributed by atoms with van der Waals surface area (Å²) in [6, 6.07) is 8.44. The third kappa shape index (κ3) is 3.49. The highest BCUT2D eigenvalue weighted by molar-refractivity contribution is 5.27. The molecule has 0 heterocycles. The molecule has 0 aliphatic heterocycles. The lowest BCUT2D eigenvalue weighted by Crippen LogP contribution is -2.29. The van der Waals surface area contributed by atoms with E-state index in [0.717, 1.165) is 18.1 Å². The molecule has 18 heavy (non-hydrogen) atoms. The molecule has 0 bridgehead atoms. The molecule has 1 aliphatic carbocycles. The Bertz CT molecular complexity index is 347. The molecular weight excluding hydrogens is 222 g/mol. The number of rotatable bonds is 5. The van der Waals surface area contributed by atoms with Crippen LogP contribution in [0.3, 0.4) is 0 Å². The monoisotopic (exact) mass is 247 g/mol. The Labute approximate surface area is 111 Å². The van der Waals surface area contributed by atoms with Crippen LogP contribution in [0.4, 0.5) is 0 Å². The van der Waals surface area contributed by atoms with Gasteiger partial charge in [-0.05, 0) is 62.3 Å². The minimum Gasteiger partial charge on any atom is -0.490 e. The van der Waals surface area contributed by atoms with Crippen molar-refractivity contribution in [2.75, 3.05) is 6.54 Å². The van der Waals surface area contributed by atoms with Gasteiger partial charge in [-0.2, -0.15) is 0 Å². The Morgan fingerprint density at radius 2 is 1.89 bits per heavy atom. The number of hydrogen-bond donors (Lipinski definition) is 1. The topological polar surface area (TPSA) is 35.2 Å². The molecule has 2 atom stereocenters. The largest absolute Gasteiger partial charge is 0.490 e. The highest BCUT2D eigenvalue weighted by atomic mass is 16.5. The summed E-state index contributed by atoms with van der Waals surface area (Å²) >= 11 is 0. The van der Waals surface area contributed by atoms with Gasteiger partial charge in [0.2, 0.25) is 0 Å². The highest BCUT2D eigenvalue weighted by Crippen LogP contribution is 2.30. The molecule has 2 heteroatoms. The molecular formula is C16H25NO. The maximum atomic E-state index is 6.16. The van der Waals surface area contributed by atoms with Crippen LogP contribution in [-0.4, -0.2) is 12.6 Å². The highest BCUT2D eigenvalue weighted by Gasteiger charge is 2.25. The van der Waals surface area contributed by atoms with Crippen LogP contribution in [0.1, 0.15) is 44.6 Å². The predicted molar refractivity (Wildman–Crippen MR) is 75.9 cm³/mol. The van der Waals surface area contributed by atoms with E-state index in [0.29, 0.717) is 12.6 Å². The maximum absolute atomic E-state index is 6.16. The van der Waals surface area contributed by atoms with Gasteiger partial charge >= 0.3 is 0 Å². The first kappa shape index (κ1) is 13.4. The van der Waals surface area contributed by atoms with Gasteiger partial charge < -0.3 is 10.5 Å². The van der Waals surface area contributed by atoms with Crippen molar-refractivity contribution in [1.29, 1.82) is 0 Å². The van der Waals surface area contributed by atoms with E-state index in [1.165, 1.54) is 37.7 Å². The second-order valence-corrected chi connectivity index (χ2v) is 5.29. The van der Waals surface area contributed by atoms with Crippen LogP contribution in [-0.2, 0) is 6.42 Å². The molecule has 2 unspecified atom stereocenters. The molecule has 1 saturated carbocycles. The molecule has 1 aromatic rings. The molecule has 0 amide bonds. The van der Waals surface area contributed by atoms with Gasteiger partial charge in [0.15, 0.2) is 0 Å². The first-order chi connectivity index (χ1) is 8.83. The molecule has 1 aromatic carbocycles. The zero-order chi connectivity index (χ0) is 12.8. The maximum Gasteiger partial charge on any atom is 0.119 e. The summed E-state index contributed by atoms with van der Waals surface area (Å²) < 4.78 is 6.16. The molecule has 0 spiro atoms. The molecule has 0 radical (unpaired) electrons. The summed E-state index contributed by atoms with van der Waals surface area (Å²) in [5.41, 5.74) is 6.85. The van der Waals surface area contributed by atoms with Gasteiger partial charge in [-0.15, -0.1) is 0 Å². The van der Waals surface area contributed by atoms with Crippen LogP contribution in [0.5, 0.6) is 5.75 Å². The van der Waals surface area contributed by atoms with Crippen LogP contribution in [0.15, 0.2) is 24.3 Å². The SMILES string of the molecule is CCC1CCCCC1Oc1ccc(CCN)cc1. The lowest BCUT2D eigenvalue weighted by Gasteiger charge is -2.31. The van der Waals surface area contributed by atoms with Crippen molar-refractivity contribution in [3.8, 4) is 5.75 Å². The second kappa shape index (κ2) is 6.79. The average molecular weight is 247 g/mol. The third-order valence-electron chi connectivity index (χ3n) is 4.01. The zero-order valence-corrected chi connectivity index (χ0v) is 11.4. The summed E-state index contributed by atoms with van der Waals surface area (Å²) in [5.74, 6) is 1.75. The van der Waals surface area contributed by atoms with Crippen LogP contribution >= 0.6 is 0 Å². The second-order valence-electron chi connectivity index (χ2n) is 5.29. The summed E-state index contributed by atoms with van der Waals surface area (Å²) in [4.78, 5) is 0. The van der Waals surface area contributed by atoms with Crippen LogP contribution in [0.2, 0.25) is 0 Å². The number of ether oxygens (including phenoxy) is 1. The zero-order valence-electron chi connectivity index (χ0n) is 11.4. The minimum absolute atomic E-state index is 0.420. The number of nitrogens with two attached hydrogens (primary N) is 1. The van der Waals surface area contributed by atoms with E-state index in [1.54, 1.807) is 0 Å². The normalized spacial score (nSPS) is 23.9. The molecule has 100 valence electrons. The Morgan fingerprint density at radius 1 is 1.17 bits per heavy atom. The first-order valence-electron chi connectivity index (χ1n) is 7.29. The van der Waals surface area contributed by atoms with Crippen molar-refractivity contribution in [2.24, 2.45) is 11.7 Å². The van der Waals surface area contributed by atoms with E-state index in [2.05, 4.69) is 31.2 Å². The molecule has 2 nitrogen and oxygen atoms in total. The van der Waals surface area contributed by atoms with E-state index < -0.39 is 0 Å². The fraction of sp³-hybridized carbons (Fsp3) is 0.625. The minimum atomic E-state index is 0.420. The van der Waals surface area contributed by atoms with Gasteiger partial charge in [-0.3, -0.25) is 0 Å². The first-order valence-corrected chi connectivity index (χ1v) is 7.29. The molecule has 1 aliphatic rings. The number of hydrogen-bond acceptors (Lipinski definition) is 2. The fourth-order valence-corrected chi connectivity index (χ4v) is 2.87. The average Bonchev–Trinajstić information content (AvgIpc) is 2.42. The molecule has 2 N–H and O–H groups in total. The van der Waals surface area contributed by atoms with Crippen molar-refractivity contribution in [1.82, 2.24) is 0 Å². The lowest BCUT2D eigenvalue weighted by molar-refractivity contribution is 0.0904. The lowest BCUT2D eigenvalue weighted by atomic mass is 9.85. The summed E-state index contributed by atoms with van der Waals surface area (Å²) in [6.07, 6.45) is 7.82. The quantitative estimate of drug-likeness (QED) is 0.863. The van der Waals surface area contributed by atoms with E-state index in [9.17, 15) is 0 Å². The fourth-order valence-electron chi connectivity index (χ4n) is 2.87. The Balaban J connectivity index is 1.95. The molecule has 0 saturated heterocycles. The van der Waals surface area contributed by atoms with Crippen molar-refractivity contribution in [3.05, 3.63) is 29.8 Å². The smallest absolute Gasteiger partial charge is 0.119 e. The van der Waals surface area contributed by atoms with Crippen LogP contribution in [0, 0.1) is 5.92 Å². The Hall–Kier alpha value is -1.02. The third-order valence-corrected chi connectivity index (χ3v) is 4.01. The molecule has 2 rings (SSSR count). The van der Waals surface area contributed by atoms with Crippen molar-refractivity contribution < 1.29 is 4.74 Å². The summed E-state index contributed by atoms with van der Waals surface area (Å²) in [7, 11) is 0. The van der Waals surface area contributed by atoms with E-state index in [4.69, 9.17) is 10.5 Å². The van der Waals surface area contributed by atoms with Crippen LogP contribution in [0.25, 0.3) is 0 Å². The molecule has 0 aromatic heterocycles. The van der Waals surface area contributed by atoms with Crippen molar-refractivity contribution in [2.45, 2.75) is 51.6 Å². The van der Waals surface area contributed by atoms with Gasteiger partial charge in [0, 0.05) is 0 Å².